The molecule has 102 valence electrons. The van der Waals surface area contributed by atoms with E-state index in [0.717, 1.165) is 0 Å². The average Bonchev–Trinajstić information content (AvgIpc) is 2.40. The van der Waals surface area contributed by atoms with Gasteiger partial charge in [0.25, 0.3) is 5.69 Å². The first-order valence-electron chi connectivity index (χ1n) is 5.75. The van der Waals surface area contributed by atoms with Crippen LogP contribution in [0.5, 0.6) is 5.75 Å². The van der Waals surface area contributed by atoms with E-state index in [1.54, 1.807) is 31.2 Å². The van der Waals surface area contributed by atoms with Crippen molar-refractivity contribution in [3.05, 3.63) is 62.7 Å². The van der Waals surface area contributed by atoms with Gasteiger partial charge in [0.2, 0.25) is 0 Å². The number of aliphatic imine (C=N–C) groups is 1. The molecular formula is C14H11ClN2O3. The van der Waals surface area contributed by atoms with Crippen LogP contribution < -0.4 is 0 Å². The Labute approximate surface area is 120 Å². The van der Waals surface area contributed by atoms with Gasteiger partial charge in [0.1, 0.15) is 5.75 Å². The normalized spacial score (nSPS) is 10.9. The van der Waals surface area contributed by atoms with Crippen molar-refractivity contribution in [1.82, 2.24) is 0 Å². The molecule has 2 rings (SSSR count). The van der Waals surface area contributed by atoms with E-state index in [1.807, 2.05) is 0 Å². The third kappa shape index (κ3) is 3.13. The van der Waals surface area contributed by atoms with Gasteiger partial charge in [-0.05, 0) is 30.7 Å². The van der Waals surface area contributed by atoms with Gasteiger partial charge in [-0.25, -0.2) is 0 Å². The molecule has 0 saturated heterocycles. The van der Waals surface area contributed by atoms with Gasteiger partial charge in [0.15, 0.2) is 0 Å². The Morgan fingerprint density at radius 1 is 1.35 bits per heavy atom. The van der Waals surface area contributed by atoms with Crippen molar-refractivity contribution < 1.29 is 10.0 Å². The number of halogens is 1. The number of rotatable bonds is 3. The second kappa shape index (κ2) is 5.71. The highest BCUT2D eigenvalue weighted by molar-refractivity contribution is 6.30. The molecule has 5 nitrogen and oxygen atoms in total. The van der Waals surface area contributed by atoms with Gasteiger partial charge in [0.05, 0.1) is 10.6 Å². The Bertz CT molecular complexity index is 699. The van der Waals surface area contributed by atoms with Crippen molar-refractivity contribution in [2.24, 2.45) is 4.99 Å². The van der Waals surface area contributed by atoms with E-state index in [-0.39, 0.29) is 17.0 Å². The molecule has 0 aliphatic heterocycles. The van der Waals surface area contributed by atoms with Crippen LogP contribution in [-0.4, -0.2) is 16.2 Å². The van der Waals surface area contributed by atoms with Crippen LogP contribution in [0.25, 0.3) is 0 Å². The highest BCUT2D eigenvalue weighted by Crippen LogP contribution is 2.27. The van der Waals surface area contributed by atoms with Crippen LogP contribution >= 0.6 is 11.6 Å². The maximum Gasteiger partial charge on any atom is 0.270 e. The van der Waals surface area contributed by atoms with E-state index < -0.39 is 4.92 Å². The molecule has 0 aromatic heterocycles. The fourth-order valence-corrected chi connectivity index (χ4v) is 1.88. The summed E-state index contributed by atoms with van der Waals surface area (Å²) in [5.41, 5.74) is 1.22. The molecule has 2 aromatic rings. The molecule has 0 radical (unpaired) electrons. The molecule has 0 heterocycles. The lowest BCUT2D eigenvalue weighted by Gasteiger charge is -2.03. The number of hydrogen-bond donors (Lipinski definition) is 1. The summed E-state index contributed by atoms with van der Waals surface area (Å²) >= 11 is 5.84. The second-order valence-corrected chi connectivity index (χ2v) is 4.63. The van der Waals surface area contributed by atoms with Gasteiger partial charge in [-0.1, -0.05) is 17.7 Å². The number of hydrogen-bond acceptors (Lipinski definition) is 4. The summed E-state index contributed by atoms with van der Waals surface area (Å²) in [7, 11) is 0. The predicted octanol–water partition coefficient (Wildman–Crippen LogP) is 4.01. The van der Waals surface area contributed by atoms with Crippen molar-refractivity contribution in [3.63, 3.8) is 0 Å². The summed E-state index contributed by atoms with van der Waals surface area (Å²) in [4.78, 5) is 14.4. The Kier molecular flexibility index (Phi) is 4.00. The largest absolute Gasteiger partial charge is 0.507 e. The number of aryl methyl sites for hydroxylation is 1. The third-order valence-corrected chi connectivity index (χ3v) is 2.92. The number of phenols is 1. The smallest absolute Gasteiger partial charge is 0.270 e. The zero-order valence-electron chi connectivity index (χ0n) is 10.6. The minimum atomic E-state index is -0.511. The maximum absolute atomic E-state index is 10.8. The molecule has 0 aliphatic carbocycles. The summed E-state index contributed by atoms with van der Waals surface area (Å²) < 4.78 is 0. The van der Waals surface area contributed by atoms with Crippen molar-refractivity contribution in [2.45, 2.75) is 6.92 Å². The van der Waals surface area contributed by atoms with Crippen LogP contribution in [0.2, 0.25) is 5.02 Å². The molecule has 0 atom stereocenters. The summed E-state index contributed by atoms with van der Waals surface area (Å²) in [6, 6.07) is 9.44. The predicted molar refractivity (Wildman–Crippen MR) is 78.2 cm³/mol. The van der Waals surface area contributed by atoms with Crippen LogP contribution in [0, 0.1) is 17.0 Å². The standard InChI is InChI=1S/C14H11ClN2O3/c1-9-5-13(17(19)20)6-10(14(9)18)8-16-12-4-2-3-11(15)7-12/h2-8,18H,1H3. The summed E-state index contributed by atoms with van der Waals surface area (Å²) in [6.45, 7) is 1.60. The van der Waals surface area contributed by atoms with Crippen molar-refractivity contribution in [2.75, 3.05) is 0 Å². The second-order valence-electron chi connectivity index (χ2n) is 4.20. The summed E-state index contributed by atoms with van der Waals surface area (Å²) in [5.74, 6) is -0.0265. The SMILES string of the molecule is Cc1cc([N+](=O)[O-])cc(C=Nc2cccc(Cl)c2)c1O. The lowest BCUT2D eigenvalue weighted by Crippen LogP contribution is -1.93. The van der Waals surface area contributed by atoms with E-state index in [1.165, 1.54) is 18.3 Å². The highest BCUT2D eigenvalue weighted by atomic mass is 35.5. The van der Waals surface area contributed by atoms with E-state index in [2.05, 4.69) is 4.99 Å². The Morgan fingerprint density at radius 2 is 2.10 bits per heavy atom. The summed E-state index contributed by atoms with van der Waals surface area (Å²) in [6.07, 6.45) is 1.38. The van der Waals surface area contributed by atoms with Crippen molar-refractivity contribution >= 4 is 29.2 Å². The van der Waals surface area contributed by atoms with Crippen LogP contribution in [0.3, 0.4) is 0 Å². The molecule has 0 bridgehead atoms. The first kappa shape index (κ1) is 14.0. The Balaban J connectivity index is 2.40. The molecule has 2 aromatic carbocycles. The molecule has 0 amide bonds. The molecule has 0 fully saturated rings. The number of aromatic hydroxyl groups is 1. The van der Waals surface area contributed by atoms with Crippen LogP contribution in [0.15, 0.2) is 41.4 Å². The van der Waals surface area contributed by atoms with E-state index in [4.69, 9.17) is 11.6 Å². The zero-order valence-corrected chi connectivity index (χ0v) is 11.3. The number of nitro benzene ring substituents is 1. The zero-order chi connectivity index (χ0) is 14.7. The minimum Gasteiger partial charge on any atom is -0.507 e. The molecule has 1 N–H and O–H groups in total. The van der Waals surface area contributed by atoms with Crippen LogP contribution in [-0.2, 0) is 0 Å². The lowest BCUT2D eigenvalue weighted by atomic mass is 10.1. The Morgan fingerprint density at radius 3 is 2.75 bits per heavy atom. The van der Waals surface area contributed by atoms with Gasteiger partial charge in [-0.15, -0.1) is 0 Å². The lowest BCUT2D eigenvalue weighted by molar-refractivity contribution is -0.384. The maximum atomic E-state index is 10.8. The van der Waals surface area contributed by atoms with Crippen molar-refractivity contribution in [1.29, 1.82) is 0 Å². The molecule has 6 heteroatoms. The van der Waals surface area contributed by atoms with Gasteiger partial charge >= 0.3 is 0 Å². The molecule has 0 unspecified atom stereocenters. The van der Waals surface area contributed by atoms with Gasteiger partial charge in [-0.3, -0.25) is 15.1 Å². The first-order chi connectivity index (χ1) is 9.47. The topological polar surface area (TPSA) is 75.7 Å². The van der Waals surface area contributed by atoms with Crippen LogP contribution in [0.4, 0.5) is 11.4 Å². The van der Waals surface area contributed by atoms with E-state index >= 15 is 0 Å². The van der Waals surface area contributed by atoms with Crippen molar-refractivity contribution in [3.8, 4) is 5.75 Å². The molecule has 20 heavy (non-hydrogen) atoms. The number of nitrogens with zero attached hydrogens (tertiary/aromatic N) is 2. The fourth-order valence-electron chi connectivity index (χ4n) is 1.69. The third-order valence-electron chi connectivity index (χ3n) is 2.69. The quantitative estimate of drug-likeness (QED) is 0.527. The minimum absolute atomic E-state index is 0.0265. The van der Waals surface area contributed by atoms with Gasteiger partial charge in [0, 0.05) is 28.9 Å². The first-order valence-corrected chi connectivity index (χ1v) is 6.13. The number of nitro groups is 1. The number of benzene rings is 2. The van der Waals surface area contributed by atoms with Gasteiger partial charge in [-0.2, -0.15) is 0 Å². The van der Waals surface area contributed by atoms with E-state index in [9.17, 15) is 15.2 Å². The molecular weight excluding hydrogens is 280 g/mol. The highest BCUT2D eigenvalue weighted by Gasteiger charge is 2.12. The van der Waals surface area contributed by atoms with Crippen LogP contribution in [0.1, 0.15) is 11.1 Å². The van der Waals surface area contributed by atoms with E-state index in [0.29, 0.717) is 16.3 Å². The fraction of sp³-hybridized carbons (Fsp3) is 0.0714. The average molecular weight is 291 g/mol. The van der Waals surface area contributed by atoms with Gasteiger partial charge < -0.3 is 5.11 Å². The Hall–Kier alpha value is -2.40. The molecule has 0 spiro atoms. The summed E-state index contributed by atoms with van der Waals surface area (Å²) in [5, 5.41) is 21.2. The molecule has 0 aliphatic rings. The number of phenolic OH excluding ortho intramolecular Hbond substituents is 1. The monoisotopic (exact) mass is 290 g/mol. The molecule has 0 saturated carbocycles. The number of non-ortho nitro benzene ring substituents is 1.